The fourth-order valence-electron chi connectivity index (χ4n) is 3.26. The number of benzene rings is 2. The highest BCUT2D eigenvalue weighted by Crippen LogP contribution is 2.26. The molecule has 33 heavy (non-hydrogen) atoms. The van der Waals surface area contributed by atoms with Crippen LogP contribution in [-0.2, 0) is 32.0 Å². The second-order valence-corrected chi connectivity index (χ2v) is 7.39. The summed E-state index contributed by atoms with van der Waals surface area (Å²) in [4.78, 5) is 36.3. The van der Waals surface area contributed by atoms with Crippen LogP contribution < -0.4 is 15.4 Å². The van der Waals surface area contributed by atoms with E-state index in [4.69, 9.17) is 13.6 Å². The highest BCUT2D eigenvalue weighted by molar-refractivity contribution is 5.90. The van der Waals surface area contributed by atoms with Gasteiger partial charge in [-0.3, -0.25) is 9.59 Å². The maximum atomic E-state index is 12.8. The number of hydrogen-bond acceptors (Lipinski definition) is 7. The lowest BCUT2D eigenvalue weighted by Gasteiger charge is -2.21. The maximum absolute atomic E-state index is 12.8. The van der Waals surface area contributed by atoms with Gasteiger partial charge in [-0.15, -0.1) is 0 Å². The van der Waals surface area contributed by atoms with Crippen LogP contribution in [0.2, 0.25) is 0 Å². The Bertz CT molecular complexity index is 1030. The van der Waals surface area contributed by atoms with Crippen LogP contribution in [0.1, 0.15) is 28.1 Å². The van der Waals surface area contributed by atoms with Gasteiger partial charge in [0.2, 0.25) is 5.91 Å². The second kappa shape index (κ2) is 13.1. The van der Waals surface area contributed by atoms with Gasteiger partial charge in [-0.2, -0.15) is 0 Å². The molecule has 4 N–H and O–H groups in total. The number of ether oxygens (including phenoxy) is 2. The Hall–Kier alpha value is -3.59. The first-order chi connectivity index (χ1) is 17.0. The molecule has 2 atom stereocenters. The summed E-state index contributed by atoms with van der Waals surface area (Å²) in [5.41, 5.74) is 1.49. The average molecular weight is 462 g/mol. The van der Waals surface area contributed by atoms with Gasteiger partial charge in [-0.1, -0.05) is 36.4 Å². The summed E-state index contributed by atoms with van der Waals surface area (Å²) < 4.78 is 30.8. The van der Waals surface area contributed by atoms with Gasteiger partial charge in [0.25, 0.3) is 0 Å². The van der Waals surface area contributed by atoms with Crippen LogP contribution in [0, 0.1) is 0 Å². The van der Waals surface area contributed by atoms with Crippen molar-refractivity contribution < 1.29 is 38.2 Å². The molecular weight excluding hydrogens is 428 g/mol. The molecule has 0 aliphatic rings. The zero-order valence-corrected chi connectivity index (χ0v) is 18.2. The number of carbonyl (C=O) groups is 3. The van der Waals surface area contributed by atoms with E-state index in [9.17, 15) is 24.6 Å². The molecular formula is C24H30N2O7. The fourth-order valence-corrected chi connectivity index (χ4v) is 3.26. The third-order valence-electron chi connectivity index (χ3n) is 4.95. The van der Waals surface area contributed by atoms with Crippen LogP contribution in [0.3, 0.4) is 0 Å². The number of amides is 1. The molecule has 2 aromatic rings. The van der Waals surface area contributed by atoms with Crippen molar-refractivity contribution in [3.63, 3.8) is 0 Å². The topological polar surface area (TPSA) is 134 Å². The zero-order valence-electron chi connectivity index (χ0n) is 21.2. The molecule has 0 radical (unpaired) electrons. The first-order valence-corrected chi connectivity index (χ1v) is 10.4. The summed E-state index contributed by atoms with van der Waals surface area (Å²) in [7, 11) is -1.48. The van der Waals surface area contributed by atoms with Gasteiger partial charge < -0.3 is 30.3 Å². The number of carboxylic acid groups (broad SMARTS) is 1. The van der Waals surface area contributed by atoms with E-state index in [1.807, 2.05) is 6.07 Å². The predicted molar refractivity (Wildman–Crippen MR) is 121 cm³/mol. The Morgan fingerprint density at radius 3 is 2.48 bits per heavy atom. The Balaban J connectivity index is 1.95. The molecule has 9 nitrogen and oxygen atoms in total. The predicted octanol–water partition coefficient (Wildman–Crippen LogP) is 1.67. The number of aromatic hydroxyl groups is 1. The van der Waals surface area contributed by atoms with Crippen molar-refractivity contribution >= 4 is 17.8 Å². The van der Waals surface area contributed by atoms with Crippen LogP contribution in [0.15, 0.2) is 48.5 Å². The van der Waals surface area contributed by atoms with Gasteiger partial charge in [-0.25, -0.2) is 4.79 Å². The van der Waals surface area contributed by atoms with Gasteiger partial charge in [0.1, 0.15) is 6.04 Å². The number of phenols is 1. The Morgan fingerprint density at radius 2 is 1.85 bits per heavy atom. The Labute approximate surface area is 196 Å². The lowest BCUT2D eigenvalue weighted by atomic mass is 10.0. The van der Waals surface area contributed by atoms with Gasteiger partial charge in [-0.05, 0) is 42.6 Å². The molecule has 0 bridgehead atoms. The van der Waals surface area contributed by atoms with Gasteiger partial charge in [0.05, 0.1) is 30.7 Å². The molecule has 2 aromatic carbocycles. The van der Waals surface area contributed by atoms with E-state index in [-0.39, 0.29) is 24.5 Å². The summed E-state index contributed by atoms with van der Waals surface area (Å²) in [6, 6.07) is 11.3. The fraction of sp³-hybridized carbons (Fsp3) is 0.375. The van der Waals surface area contributed by atoms with E-state index in [0.717, 1.165) is 5.56 Å². The van der Waals surface area contributed by atoms with Crippen LogP contribution in [0.4, 0.5) is 0 Å². The van der Waals surface area contributed by atoms with Crippen LogP contribution >= 0.6 is 0 Å². The molecule has 0 spiro atoms. The van der Waals surface area contributed by atoms with E-state index >= 15 is 0 Å². The normalized spacial score (nSPS) is 14.2. The number of rotatable bonds is 13. The minimum Gasteiger partial charge on any atom is -0.504 e. The van der Waals surface area contributed by atoms with Crippen LogP contribution in [0.5, 0.6) is 11.5 Å². The summed E-state index contributed by atoms with van der Waals surface area (Å²) >= 11 is 0. The number of hydrogen-bond donors (Lipinski definition) is 4. The Morgan fingerprint density at radius 1 is 1.09 bits per heavy atom. The molecule has 1 amide bonds. The van der Waals surface area contributed by atoms with Crippen LogP contribution in [-0.4, -0.2) is 60.8 Å². The standard InChI is InChI=1S/C24H30N2O7/c1-32-21-11-10-17(14-20(21)27)9-6-12-25-18(15-22(28)29)23(30)26-19(24(31)33-2)13-16-7-4-3-5-8-16/h3-5,7-8,10-11,14,18-19,25,27H,6,9,12-13,15H2,1-2H3,(H,26,30)(H,28,29)/t18-,19-/m0/s1/i1D3. The highest BCUT2D eigenvalue weighted by Gasteiger charge is 2.27. The van der Waals surface area contributed by atoms with Crippen molar-refractivity contribution in [3.8, 4) is 11.5 Å². The molecule has 0 aromatic heterocycles. The first-order valence-electron chi connectivity index (χ1n) is 11.9. The smallest absolute Gasteiger partial charge is 0.328 e. The molecule has 0 aliphatic carbocycles. The number of esters is 1. The van der Waals surface area contributed by atoms with Gasteiger partial charge >= 0.3 is 11.9 Å². The number of aliphatic carboxylic acids is 1. The number of carboxylic acids is 1. The molecule has 0 saturated carbocycles. The Kier molecular flexibility index (Phi) is 8.42. The molecule has 0 unspecified atom stereocenters. The zero-order chi connectivity index (χ0) is 26.7. The van der Waals surface area contributed by atoms with Crippen LogP contribution in [0.25, 0.3) is 0 Å². The molecule has 9 heteroatoms. The SMILES string of the molecule is [2H]C([2H])([2H])Oc1ccc(CCCN[C@@H](CC(=O)O)C(=O)N[C@@H](Cc2ccccc2)C(=O)OC)cc1O. The lowest BCUT2D eigenvalue weighted by molar-refractivity contribution is -0.145. The van der Waals surface area contributed by atoms with E-state index in [0.29, 0.717) is 18.4 Å². The summed E-state index contributed by atoms with van der Waals surface area (Å²) in [6.45, 7) is 0.265. The molecule has 2 rings (SSSR count). The second-order valence-electron chi connectivity index (χ2n) is 7.39. The molecule has 0 fully saturated rings. The molecule has 0 aliphatic heterocycles. The molecule has 178 valence electrons. The van der Waals surface area contributed by atoms with Crippen molar-refractivity contribution in [2.75, 3.05) is 20.7 Å². The van der Waals surface area contributed by atoms with Gasteiger partial charge in [0, 0.05) is 6.42 Å². The van der Waals surface area contributed by atoms with Gasteiger partial charge in [0.15, 0.2) is 11.5 Å². The number of aryl methyl sites for hydroxylation is 1. The van der Waals surface area contributed by atoms with Crippen molar-refractivity contribution in [2.24, 2.45) is 0 Å². The van der Waals surface area contributed by atoms with E-state index in [2.05, 4.69) is 10.6 Å². The van der Waals surface area contributed by atoms with E-state index in [1.165, 1.54) is 19.2 Å². The monoisotopic (exact) mass is 461 g/mol. The quantitative estimate of drug-likeness (QED) is 0.261. The number of carbonyl (C=O) groups excluding carboxylic acids is 2. The highest BCUT2D eigenvalue weighted by atomic mass is 16.5. The number of phenolic OH excluding ortho intramolecular Hbond substituents is 1. The maximum Gasteiger partial charge on any atom is 0.328 e. The van der Waals surface area contributed by atoms with Crippen molar-refractivity contribution in [1.82, 2.24) is 10.6 Å². The van der Waals surface area contributed by atoms with Crippen molar-refractivity contribution in [2.45, 2.75) is 37.8 Å². The van der Waals surface area contributed by atoms with E-state index < -0.39 is 43.4 Å². The lowest BCUT2D eigenvalue weighted by Crippen LogP contribution is -2.52. The third-order valence-corrected chi connectivity index (χ3v) is 4.95. The van der Waals surface area contributed by atoms with Crippen molar-refractivity contribution in [3.05, 3.63) is 59.7 Å². The minimum atomic E-state index is -2.68. The average Bonchev–Trinajstić information content (AvgIpc) is 2.81. The number of methoxy groups -OCH3 is 2. The van der Waals surface area contributed by atoms with E-state index in [1.54, 1.807) is 30.3 Å². The largest absolute Gasteiger partial charge is 0.504 e. The first kappa shape index (κ1) is 21.3. The third kappa shape index (κ3) is 8.46. The van der Waals surface area contributed by atoms with Crippen molar-refractivity contribution in [1.29, 1.82) is 0 Å². The minimum absolute atomic E-state index is 0.161. The number of nitrogens with one attached hydrogen (secondary N) is 2. The summed E-state index contributed by atoms with van der Waals surface area (Å²) in [5.74, 6) is -2.95. The summed E-state index contributed by atoms with van der Waals surface area (Å²) in [5, 5.41) is 24.7. The molecule has 0 saturated heterocycles. The molecule has 0 heterocycles. The summed E-state index contributed by atoms with van der Waals surface area (Å²) in [6.07, 6.45) is 0.624.